The van der Waals surface area contributed by atoms with Gasteiger partial charge in [0.05, 0.1) is 0 Å². The molecule has 0 spiro atoms. The molecule has 0 bridgehead atoms. The van der Waals surface area contributed by atoms with E-state index in [0.29, 0.717) is 6.42 Å². The summed E-state index contributed by atoms with van der Waals surface area (Å²) in [6, 6.07) is 9.32. The average molecular weight is 152 g/mol. The van der Waals surface area contributed by atoms with Crippen molar-refractivity contribution in [1.82, 2.24) is 0 Å². The Morgan fingerprint density at radius 2 is 1.91 bits per heavy atom. The molecule has 0 fully saturated rings. The average Bonchev–Trinajstić information content (AvgIpc) is 2.07. The maximum absolute atomic E-state index is 13.1. The number of alkyl halides is 1. The third-order valence-corrected chi connectivity index (χ3v) is 1.70. The molecule has 60 valence electrons. The molecule has 1 rings (SSSR count). The van der Waals surface area contributed by atoms with Gasteiger partial charge in [0.1, 0.15) is 6.17 Å². The summed E-state index contributed by atoms with van der Waals surface area (Å²) in [5.74, 6) is 0. The fourth-order valence-corrected chi connectivity index (χ4v) is 1.08. The first-order chi connectivity index (χ1) is 5.34. The van der Waals surface area contributed by atoms with Crippen molar-refractivity contribution >= 4 is 0 Å². The monoisotopic (exact) mass is 152 g/mol. The highest BCUT2D eigenvalue weighted by atomic mass is 19.1. The van der Waals surface area contributed by atoms with E-state index in [1.807, 2.05) is 37.3 Å². The van der Waals surface area contributed by atoms with E-state index in [-0.39, 0.29) is 0 Å². The summed E-state index contributed by atoms with van der Waals surface area (Å²) >= 11 is 0. The molecule has 0 amide bonds. The highest BCUT2D eigenvalue weighted by Crippen LogP contribution is 2.21. The minimum absolute atomic E-state index is 0.629. The molecular weight excluding hydrogens is 139 g/mol. The molecule has 0 aromatic heterocycles. The molecule has 0 radical (unpaired) electrons. The molecule has 0 nitrogen and oxygen atoms in total. The van der Waals surface area contributed by atoms with E-state index < -0.39 is 6.17 Å². The van der Waals surface area contributed by atoms with Crippen LogP contribution >= 0.6 is 0 Å². The standard InChI is InChI=1S/C10H13F/c1-2-6-10(11)9-7-4-3-5-8-9/h3-5,7-8,10H,2,6H2,1H3/t10-/m0/s1. The summed E-state index contributed by atoms with van der Waals surface area (Å²) in [5, 5.41) is 0. The third-order valence-electron chi connectivity index (χ3n) is 1.70. The van der Waals surface area contributed by atoms with Gasteiger partial charge in [0, 0.05) is 0 Å². The van der Waals surface area contributed by atoms with Gasteiger partial charge < -0.3 is 0 Å². The van der Waals surface area contributed by atoms with Crippen molar-refractivity contribution in [1.29, 1.82) is 0 Å². The van der Waals surface area contributed by atoms with Crippen molar-refractivity contribution in [3.05, 3.63) is 35.9 Å². The van der Waals surface area contributed by atoms with E-state index in [2.05, 4.69) is 0 Å². The molecule has 0 saturated carbocycles. The number of hydrogen-bond donors (Lipinski definition) is 0. The topological polar surface area (TPSA) is 0 Å². The van der Waals surface area contributed by atoms with Crippen LogP contribution in [-0.4, -0.2) is 0 Å². The molecule has 0 aliphatic carbocycles. The number of rotatable bonds is 3. The quantitative estimate of drug-likeness (QED) is 0.621. The third kappa shape index (κ3) is 2.34. The molecule has 1 aromatic rings. The first-order valence-electron chi connectivity index (χ1n) is 4.03. The Balaban J connectivity index is 2.61. The first kappa shape index (κ1) is 8.25. The second kappa shape index (κ2) is 4.12. The maximum atomic E-state index is 13.1. The van der Waals surface area contributed by atoms with Crippen molar-refractivity contribution in [2.24, 2.45) is 0 Å². The van der Waals surface area contributed by atoms with Crippen LogP contribution < -0.4 is 0 Å². The lowest BCUT2D eigenvalue weighted by atomic mass is 10.1. The molecule has 1 aromatic carbocycles. The van der Waals surface area contributed by atoms with Crippen LogP contribution in [-0.2, 0) is 0 Å². The Kier molecular flexibility index (Phi) is 3.09. The van der Waals surface area contributed by atoms with Crippen LogP contribution in [0.3, 0.4) is 0 Å². The summed E-state index contributed by atoms with van der Waals surface area (Å²) in [5.41, 5.74) is 0.800. The van der Waals surface area contributed by atoms with Gasteiger partial charge in [0.15, 0.2) is 0 Å². The van der Waals surface area contributed by atoms with Crippen molar-refractivity contribution in [3.8, 4) is 0 Å². The van der Waals surface area contributed by atoms with E-state index in [1.54, 1.807) is 0 Å². The second-order valence-corrected chi connectivity index (χ2v) is 2.67. The number of halogens is 1. The van der Waals surface area contributed by atoms with Gasteiger partial charge in [-0.2, -0.15) is 0 Å². The Hall–Kier alpha value is -0.850. The smallest absolute Gasteiger partial charge is 0.125 e. The Bertz CT molecular complexity index is 193. The van der Waals surface area contributed by atoms with E-state index in [9.17, 15) is 4.39 Å². The lowest BCUT2D eigenvalue weighted by Gasteiger charge is -2.05. The van der Waals surface area contributed by atoms with Gasteiger partial charge in [-0.25, -0.2) is 4.39 Å². The van der Waals surface area contributed by atoms with Gasteiger partial charge in [-0.1, -0.05) is 43.7 Å². The highest BCUT2D eigenvalue weighted by Gasteiger charge is 2.05. The predicted octanol–water partition coefficient (Wildman–Crippen LogP) is 3.50. The van der Waals surface area contributed by atoms with Crippen LogP contribution in [0, 0.1) is 0 Å². The highest BCUT2D eigenvalue weighted by molar-refractivity contribution is 5.17. The van der Waals surface area contributed by atoms with Crippen LogP contribution in [0.25, 0.3) is 0 Å². The zero-order valence-corrected chi connectivity index (χ0v) is 6.76. The number of benzene rings is 1. The first-order valence-corrected chi connectivity index (χ1v) is 4.03. The zero-order valence-electron chi connectivity index (χ0n) is 6.76. The molecular formula is C10H13F. The van der Waals surface area contributed by atoms with Crippen molar-refractivity contribution in [3.63, 3.8) is 0 Å². The normalized spacial score (nSPS) is 12.9. The van der Waals surface area contributed by atoms with Crippen LogP contribution in [0.2, 0.25) is 0 Å². The van der Waals surface area contributed by atoms with Gasteiger partial charge in [-0.05, 0) is 12.0 Å². The molecule has 1 heteroatoms. The van der Waals surface area contributed by atoms with E-state index in [0.717, 1.165) is 12.0 Å². The second-order valence-electron chi connectivity index (χ2n) is 2.67. The van der Waals surface area contributed by atoms with Gasteiger partial charge in [-0.3, -0.25) is 0 Å². The number of hydrogen-bond acceptors (Lipinski definition) is 0. The summed E-state index contributed by atoms with van der Waals surface area (Å²) < 4.78 is 13.1. The predicted molar refractivity (Wildman–Crippen MR) is 45.2 cm³/mol. The van der Waals surface area contributed by atoms with Crippen molar-refractivity contribution in [2.45, 2.75) is 25.9 Å². The van der Waals surface area contributed by atoms with Crippen LogP contribution in [0.1, 0.15) is 31.5 Å². The molecule has 0 saturated heterocycles. The van der Waals surface area contributed by atoms with Gasteiger partial charge >= 0.3 is 0 Å². The molecule has 1 atom stereocenters. The molecule has 0 N–H and O–H groups in total. The largest absolute Gasteiger partial charge is 0.242 e. The zero-order chi connectivity index (χ0) is 8.10. The SMILES string of the molecule is CCC[C@H](F)c1ccccc1. The minimum atomic E-state index is -0.777. The summed E-state index contributed by atoms with van der Waals surface area (Å²) in [6.45, 7) is 2.00. The molecule has 0 heterocycles. The van der Waals surface area contributed by atoms with E-state index in [1.165, 1.54) is 0 Å². The summed E-state index contributed by atoms with van der Waals surface area (Å²) in [4.78, 5) is 0. The molecule has 0 aliphatic rings. The van der Waals surface area contributed by atoms with Crippen LogP contribution in [0.4, 0.5) is 4.39 Å². The fourth-order valence-electron chi connectivity index (χ4n) is 1.08. The van der Waals surface area contributed by atoms with Gasteiger partial charge in [0.2, 0.25) is 0 Å². The molecule has 11 heavy (non-hydrogen) atoms. The lowest BCUT2D eigenvalue weighted by molar-refractivity contribution is 0.321. The van der Waals surface area contributed by atoms with Crippen molar-refractivity contribution in [2.75, 3.05) is 0 Å². The Morgan fingerprint density at radius 3 is 2.45 bits per heavy atom. The summed E-state index contributed by atoms with van der Waals surface area (Å²) in [6.07, 6.45) is 0.751. The molecule has 0 aliphatic heterocycles. The lowest BCUT2D eigenvalue weighted by Crippen LogP contribution is -1.89. The van der Waals surface area contributed by atoms with Crippen LogP contribution in [0.15, 0.2) is 30.3 Å². The van der Waals surface area contributed by atoms with E-state index in [4.69, 9.17) is 0 Å². The van der Waals surface area contributed by atoms with Gasteiger partial charge in [0.25, 0.3) is 0 Å². The fraction of sp³-hybridized carbons (Fsp3) is 0.400. The molecule has 0 unspecified atom stereocenters. The maximum Gasteiger partial charge on any atom is 0.125 e. The minimum Gasteiger partial charge on any atom is -0.242 e. The summed E-state index contributed by atoms with van der Waals surface area (Å²) in [7, 11) is 0. The Labute approximate surface area is 67.1 Å². The van der Waals surface area contributed by atoms with Gasteiger partial charge in [-0.15, -0.1) is 0 Å². The van der Waals surface area contributed by atoms with E-state index >= 15 is 0 Å². The Morgan fingerprint density at radius 1 is 1.27 bits per heavy atom. The van der Waals surface area contributed by atoms with Crippen LogP contribution in [0.5, 0.6) is 0 Å². The van der Waals surface area contributed by atoms with Crippen molar-refractivity contribution < 1.29 is 4.39 Å².